The molecule has 1 saturated carbocycles. The lowest BCUT2D eigenvalue weighted by Crippen LogP contribution is -2.37. The summed E-state index contributed by atoms with van der Waals surface area (Å²) in [7, 11) is 0. The molecule has 5 heteroatoms. The number of hydroxylamine groups is 1. The first-order valence-electron chi connectivity index (χ1n) is 8.37. The maximum atomic E-state index is 12.5. The minimum Gasteiger partial charge on any atom is -0.349 e. The average molecular weight is 318 g/mol. The second-order valence-electron chi connectivity index (χ2n) is 6.63. The lowest BCUT2D eigenvalue weighted by Gasteiger charge is -2.27. The van der Waals surface area contributed by atoms with Gasteiger partial charge in [-0.05, 0) is 36.5 Å². The quantitative estimate of drug-likeness (QED) is 0.576. The molecule has 0 saturated heterocycles. The molecular weight excluding hydrogens is 292 g/mol. The molecule has 1 aromatic carbocycles. The zero-order chi connectivity index (χ0) is 16.8. The lowest BCUT2D eigenvalue weighted by molar-refractivity contribution is -0.127. The maximum absolute atomic E-state index is 12.5. The number of rotatable bonds is 5. The molecule has 1 aliphatic carbocycles. The summed E-state index contributed by atoms with van der Waals surface area (Å²) in [5.74, 6) is -0.0195. The highest BCUT2D eigenvalue weighted by molar-refractivity contribution is 5.93. The predicted molar refractivity (Wildman–Crippen MR) is 88.0 cm³/mol. The minimum atomic E-state index is -0.538. The third-order valence-corrected chi connectivity index (χ3v) is 4.57. The molecule has 3 N–H and O–H groups in total. The molecule has 5 nitrogen and oxygen atoms in total. The van der Waals surface area contributed by atoms with Gasteiger partial charge >= 0.3 is 0 Å². The Morgan fingerprint density at radius 1 is 1.09 bits per heavy atom. The van der Waals surface area contributed by atoms with Gasteiger partial charge in [0.05, 0.1) is 6.04 Å². The second kappa shape index (κ2) is 8.11. The number of carbonyl (C=O) groups excluding carboxylic acids is 2. The van der Waals surface area contributed by atoms with Gasteiger partial charge in [-0.3, -0.25) is 14.8 Å². The van der Waals surface area contributed by atoms with Gasteiger partial charge in [-0.25, -0.2) is 5.48 Å². The fraction of sp³-hybridized carbons (Fsp3) is 0.556. The van der Waals surface area contributed by atoms with Crippen LogP contribution in [0, 0.1) is 11.8 Å². The molecule has 0 heterocycles. The summed E-state index contributed by atoms with van der Waals surface area (Å²) in [6.07, 6.45) is 5.45. The van der Waals surface area contributed by atoms with E-state index >= 15 is 0 Å². The Labute approximate surface area is 137 Å². The van der Waals surface area contributed by atoms with Gasteiger partial charge in [0.15, 0.2) is 0 Å². The smallest absolute Gasteiger partial charge is 0.274 e. The highest BCUT2D eigenvalue weighted by atomic mass is 16.5. The van der Waals surface area contributed by atoms with E-state index in [9.17, 15) is 9.59 Å². The van der Waals surface area contributed by atoms with Crippen LogP contribution < -0.4 is 10.8 Å². The van der Waals surface area contributed by atoms with Crippen molar-refractivity contribution < 1.29 is 14.8 Å². The van der Waals surface area contributed by atoms with Gasteiger partial charge < -0.3 is 5.32 Å². The van der Waals surface area contributed by atoms with E-state index < -0.39 is 5.91 Å². The summed E-state index contributed by atoms with van der Waals surface area (Å²) in [6, 6.07) is 6.90. The molecular formula is C18H26N2O3. The van der Waals surface area contributed by atoms with Crippen LogP contribution in [0.1, 0.15) is 67.9 Å². The molecule has 1 aliphatic rings. The molecule has 1 fully saturated rings. The summed E-state index contributed by atoms with van der Waals surface area (Å²) in [5, 5.41) is 11.8. The third kappa shape index (κ3) is 4.55. The monoisotopic (exact) mass is 318 g/mol. The topological polar surface area (TPSA) is 78.4 Å². The summed E-state index contributed by atoms with van der Waals surface area (Å²) < 4.78 is 0. The van der Waals surface area contributed by atoms with Crippen molar-refractivity contribution in [2.24, 2.45) is 11.8 Å². The molecule has 1 atom stereocenters. The van der Waals surface area contributed by atoms with Crippen molar-refractivity contribution in [3.05, 3.63) is 35.4 Å². The minimum absolute atomic E-state index is 0.0735. The fourth-order valence-electron chi connectivity index (χ4n) is 3.18. The van der Waals surface area contributed by atoms with Crippen molar-refractivity contribution >= 4 is 11.8 Å². The third-order valence-electron chi connectivity index (χ3n) is 4.57. The summed E-state index contributed by atoms with van der Waals surface area (Å²) in [4.78, 5) is 23.9. The summed E-state index contributed by atoms with van der Waals surface area (Å²) in [6.45, 7) is 4.14. The van der Waals surface area contributed by atoms with Gasteiger partial charge in [0, 0.05) is 11.5 Å². The van der Waals surface area contributed by atoms with Crippen molar-refractivity contribution in [1.29, 1.82) is 0 Å². The molecule has 23 heavy (non-hydrogen) atoms. The summed E-state index contributed by atoms with van der Waals surface area (Å²) in [5.41, 5.74) is 2.98. The van der Waals surface area contributed by atoms with E-state index in [1.807, 2.05) is 12.1 Å². The average Bonchev–Trinajstić information content (AvgIpc) is 2.59. The van der Waals surface area contributed by atoms with E-state index in [0.29, 0.717) is 5.56 Å². The van der Waals surface area contributed by atoms with E-state index in [1.54, 1.807) is 17.6 Å². The van der Waals surface area contributed by atoms with Crippen LogP contribution in [0.5, 0.6) is 0 Å². The van der Waals surface area contributed by atoms with Crippen molar-refractivity contribution in [3.63, 3.8) is 0 Å². The first kappa shape index (κ1) is 17.5. The zero-order valence-corrected chi connectivity index (χ0v) is 13.8. The van der Waals surface area contributed by atoms with Crippen LogP contribution in [0.25, 0.3) is 0 Å². The van der Waals surface area contributed by atoms with E-state index in [0.717, 1.165) is 31.2 Å². The molecule has 0 aromatic heterocycles. The Morgan fingerprint density at radius 3 is 2.22 bits per heavy atom. The van der Waals surface area contributed by atoms with Crippen molar-refractivity contribution in [2.75, 3.05) is 0 Å². The Morgan fingerprint density at radius 2 is 1.70 bits per heavy atom. The Kier molecular flexibility index (Phi) is 6.16. The highest BCUT2D eigenvalue weighted by Crippen LogP contribution is 2.27. The number of hydrogen-bond acceptors (Lipinski definition) is 3. The van der Waals surface area contributed by atoms with Gasteiger partial charge in [-0.1, -0.05) is 45.2 Å². The molecule has 1 aromatic rings. The Hall–Kier alpha value is -1.88. The number of hydrogen-bond donors (Lipinski definition) is 3. The van der Waals surface area contributed by atoms with Crippen LogP contribution in [0.2, 0.25) is 0 Å². The van der Waals surface area contributed by atoms with E-state index in [-0.39, 0.29) is 23.8 Å². The van der Waals surface area contributed by atoms with Crippen LogP contribution in [0.15, 0.2) is 24.3 Å². The Balaban J connectivity index is 2.08. The van der Waals surface area contributed by atoms with Crippen LogP contribution in [0.4, 0.5) is 0 Å². The van der Waals surface area contributed by atoms with E-state index in [4.69, 9.17) is 5.21 Å². The molecule has 2 rings (SSSR count). The molecule has 1 unspecified atom stereocenters. The molecule has 0 bridgehead atoms. The van der Waals surface area contributed by atoms with Gasteiger partial charge in [0.1, 0.15) is 0 Å². The second-order valence-corrected chi connectivity index (χ2v) is 6.63. The number of amides is 2. The van der Waals surface area contributed by atoms with Gasteiger partial charge in [-0.15, -0.1) is 0 Å². The first-order chi connectivity index (χ1) is 11.0. The molecule has 2 amide bonds. The van der Waals surface area contributed by atoms with Gasteiger partial charge in [0.2, 0.25) is 5.91 Å². The fourth-order valence-corrected chi connectivity index (χ4v) is 3.18. The lowest BCUT2D eigenvalue weighted by atomic mass is 9.87. The van der Waals surface area contributed by atoms with Crippen LogP contribution >= 0.6 is 0 Å². The summed E-state index contributed by atoms with van der Waals surface area (Å²) >= 11 is 0. The maximum Gasteiger partial charge on any atom is 0.274 e. The normalized spacial score (nSPS) is 16.9. The molecule has 126 valence electrons. The number of carbonyl (C=O) groups is 2. The van der Waals surface area contributed by atoms with Crippen molar-refractivity contribution in [2.45, 2.75) is 52.0 Å². The largest absolute Gasteiger partial charge is 0.349 e. The number of nitrogens with one attached hydrogen (secondary N) is 2. The van der Waals surface area contributed by atoms with E-state index in [2.05, 4.69) is 19.2 Å². The van der Waals surface area contributed by atoms with Gasteiger partial charge in [-0.2, -0.15) is 0 Å². The van der Waals surface area contributed by atoms with Crippen LogP contribution in [-0.4, -0.2) is 17.0 Å². The molecule has 0 radical (unpaired) electrons. The van der Waals surface area contributed by atoms with Gasteiger partial charge in [0.25, 0.3) is 5.91 Å². The van der Waals surface area contributed by atoms with E-state index in [1.165, 1.54) is 6.42 Å². The zero-order valence-electron chi connectivity index (χ0n) is 13.8. The predicted octanol–water partition coefficient (Wildman–Crippen LogP) is 3.20. The SMILES string of the molecule is CC(C)C(NC(=O)C1CCCCC1)c1ccc(C(=O)NO)cc1. The first-order valence-corrected chi connectivity index (χ1v) is 8.37. The Bertz CT molecular complexity index is 534. The van der Waals surface area contributed by atoms with Crippen molar-refractivity contribution in [1.82, 2.24) is 10.8 Å². The molecule has 0 aliphatic heterocycles. The standard InChI is InChI=1S/C18H26N2O3/c1-12(2)16(19-17(21)14-6-4-3-5-7-14)13-8-10-15(11-9-13)18(22)20-23/h8-12,14,16,23H,3-7H2,1-2H3,(H,19,21)(H,20,22). The molecule has 0 spiro atoms. The van der Waals surface area contributed by atoms with Crippen LogP contribution in [0.3, 0.4) is 0 Å². The number of benzene rings is 1. The highest BCUT2D eigenvalue weighted by Gasteiger charge is 2.25. The van der Waals surface area contributed by atoms with Crippen LogP contribution in [-0.2, 0) is 4.79 Å². The van der Waals surface area contributed by atoms with Crippen molar-refractivity contribution in [3.8, 4) is 0 Å².